The number of amides is 4. The number of aliphatic imine (C=N–C) groups is 1. The number of anilines is 3. The Bertz CT molecular complexity index is 3190. The highest BCUT2D eigenvalue weighted by molar-refractivity contribution is 6.47. The maximum atomic E-state index is 13.9. The van der Waals surface area contributed by atoms with Gasteiger partial charge < -0.3 is 55.3 Å². The number of ether oxygens (including phenoxy) is 4. The van der Waals surface area contributed by atoms with Crippen molar-refractivity contribution in [3.05, 3.63) is 101 Å². The van der Waals surface area contributed by atoms with Crippen molar-refractivity contribution in [2.75, 3.05) is 68.8 Å². The highest BCUT2D eigenvalue weighted by atomic mass is 16.5. The van der Waals surface area contributed by atoms with E-state index in [1.54, 1.807) is 69.8 Å². The molecule has 2 aromatic carbocycles. The molecule has 0 aliphatic heterocycles. The molecule has 0 radical (unpaired) electrons. The summed E-state index contributed by atoms with van der Waals surface area (Å²) < 4.78 is 29.5. The highest BCUT2D eigenvalue weighted by Gasteiger charge is 2.24. The van der Waals surface area contributed by atoms with Gasteiger partial charge >= 0.3 is 5.97 Å². The zero-order valence-electron chi connectivity index (χ0n) is 43.6. The lowest BCUT2D eigenvalue weighted by molar-refractivity contribution is -0.142. The number of hydrogen-bond donors (Lipinski definition) is 6. The van der Waals surface area contributed by atoms with E-state index in [1.807, 2.05) is 19.2 Å². The largest absolute Gasteiger partial charge is 0.494 e. The SMILES string of the molecule is CCN=C(/C=C(/C)N)C(=O)Nc1nc2cc(C(N)=O)cc(OC)c2n1C/C=C/Cn1c(NC(=O)c2cc(C)nn2CC)nc2cc(C(N)=O)cc(OC/C=C/Cn3cc(N(CCOCCOCC(=O)O)C(C)C)cn3)c21. The number of imidazole rings is 2. The van der Waals surface area contributed by atoms with Crippen LogP contribution in [0.1, 0.15) is 71.5 Å². The molecule has 0 aliphatic carbocycles. The van der Waals surface area contributed by atoms with E-state index >= 15 is 0 Å². The minimum absolute atomic E-state index is 0.0571. The second kappa shape index (κ2) is 26.4. The molecule has 4 aromatic heterocycles. The normalized spacial score (nSPS) is 12.2. The summed E-state index contributed by atoms with van der Waals surface area (Å²) in [7, 11) is 1.44. The van der Waals surface area contributed by atoms with Gasteiger partial charge in [-0.3, -0.25) is 44.2 Å². The minimum Gasteiger partial charge on any atom is -0.494 e. The van der Waals surface area contributed by atoms with E-state index in [4.69, 9.17) is 46.2 Å². The first kappa shape index (κ1) is 56.5. The van der Waals surface area contributed by atoms with Gasteiger partial charge in [0.15, 0.2) is 0 Å². The number of nitrogens with zero attached hydrogens (tertiary/aromatic N) is 10. The summed E-state index contributed by atoms with van der Waals surface area (Å²) in [5.41, 5.74) is 21.5. The number of fused-ring (bicyclic) bond motifs is 2. The lowest BCUT2D eigenvalue weighted by Gasteiger charge is -2.27. The second-order valence-corrected chi connectivity index (χ2v) is 17.4. The first-order chi connectivity index (χ1) is 36.4. The molecule has 404 valence electrons. The second-order valence-electron chi connectivity index (χ2n) is 17.4. The van der Waals surface area contributed by atoms with Crippen LogP contribution in [0, 0.1) is 6.92 Å². The third-order valence-corrected chi connectivity index (χ3v) is 11.4. The number of methoxy groups -OCH3 is 1. The van der Waals surface area contributed by atoms with Gasteiger partial charge in [0.2, 0.25) is 23.7 Å². The van der Waals surface area contributed by atoms with Crippen LogP contribution in [-0.4, -0.2) is 138 Å². The van der Waals surface area contributed by atoms with Crippen LogP contribution in [0.2, 0.25) is 0 Å². The highest BCUT2D eigenvalue weighted by Crippen LogP contribution is 2.33. The van der Waals surface area contributed by atoms with Crippen LogP contribution >= 0.6 is 0 Å². The van der Waals surface area contributed by atoms with Gasteiger partial charge in [0.05, 0.1) is 62.1 Å². The average Bonchev–Trinajstić information content (AvgIpc) is 4.19. The van der Waals surface area contributed by atoms with E-state index in [1.165, 1.54) is 37.5 Å². The lowest BCUT2D eigenvalue weighted by atomic mass is 10.1. The first-order valence-corrected chi connectivity index (χ1v) is 24.4. The summed E-state index contributed by atoms with van der Waals surface area (Å²) in [6.45, 7) is 13.6. The molecule has 6 aromatic rings. The van der Waals surface area contributed by atoms with Crippen molar-refractivity contribution in [2.24, 2.45) is 22.2 Å². The predicted molar refractivity (Wildman–Crippen MR) is 286 cm³/mol. The standard InChI is InChI=1S/C51H65N15O10/c1-8-55-39(22-32(5)52)48(71)59-50-57-37-24-34(46(53)69)26-41(73-7)44(37)64(50)15-10-11-16-65-45-38(58-51(65)60-49(72)40-23-33(6)61-66(40)9-2)25-35(47(54)70)27-42(45)76-18-13-12-14-62-29-36(28-56-62)63(31(3)4)17-19-74-20-21-75-30-43(67)68/h10-13,22-29,31H,8-9,14-21,30,52H2,1-7H3,(H2,53,69)(H2,54,70)(H,67,68)(H,57,59,71)(H,58,60,72)/b11-10+,13-12+,32-22-,55-39?. The number of nitrogens with one attached hydrogen (secondary N) is 2. The molecule has 0 spiro atoms. The number of rotatable bonds is 29. The van der Waals surface area contributed by atoms with Crippen LogP contribution in [-0.2, 0) is 45.2 Å². The number of aromatic nitrogens is 8. The number of nitrogens with two attached hydrogens (primary N) is 3. The van der Waals surface area contributed by atoms with Crippen LogP contribution in [0.4, 0.5) is 17.6 Å². The Morgan fingerprint density at radius 1 is 0.829 bits per heavy atom. The van der Waals surface area contributed by atoms with Crippen LogP contribution < -0.4 is 42.2 Å². The van der Waals surface area contributed by atoms with E-state index in [0.29, 0.717) is 71.9 Å². The molecule has 0 atom stereocenters. The zero-order chi connectivity index (χ0) is 55.1. The Kier molecular flexibility index (Phi) is 19.6. The van der Waals surface area contributed by atoms with Gasteiger partial charge in [0, 0.05) is 61.8 Å². The molecule has 0 fully saturated rings. The number of benzene rings is 2. The molecule has 0 aliphatic rings. The van der Waals surface area contributed by atoms with Crippen molar-refractivity contribution < 1.29 is 48.0 Å². The summed E-state index contributed by atoms with van der Waals surface area (Å²) in [5, 5.41) is 23.5. The Balaban J connectivity index is 1.29. The van der Waals surface area contributed by atoms with Crippen molar-refractivity contribution >= 4 is 75.0 Å². The quantitative estimate of drug-likeness (QED) is 0.0219. The Hall–Kier alpha value is -8.84. The molecule has 0 saturated heterocycles. The maximum absolute atomic E-state index is 13.9. The number of hydrogen-bond acceptors (Lipinski definition) is 16. The molecule has 6 rings (SSSR count). The van der Waals surface area contributed by atoms with E-state index < -0.39 is 29.6 Å². The topological polar surface area (TPSA) is 332 Å². The van der Waals surface area contributed by atoms with Gasteiger partial charge in [-0.2, -0.15) is 10.2 Å². The Morgan fingerprint density at radius 2 is 1.45 bits per heavy atom. The summed E-state index contributed by atoms with van der Waals surface area (Å²) >= 11 is 0. The molecule has 9 N–H and O–H groups in total. The van der Waals surface area contributed by atoms with Gasteiger partial charge in [-0.25, -0.2) is 14.8 Å². The molecule has 0 saturated carbocycles. The average molecular weight is 1050 g/mol. The smallest absolute Gasteiger partial charge is 0.329 e. The third kappa shape index (κ3) is 14.5. The van der Waals surface area contributed by atoms with Crippen LogP contribution in [0.25, 0.3) is 22.1 Å². The molecule has 0 bridgehead atoms. The monoisotopic (exact) mass is 1050 g/mol. The van der Waals surface area contributed by atoms with Crippen molar-refractivity contribution in [2.45, 2.75) is 73.8 Å². The summed E-state index contributed by atoms with van der Waals surface area (Å²) in [6.07, 6.45) is 12.4. The van der Waals surface area contributed by atoms with E-state index in [2.05, 4.69) is 49.6 Å². The number of carboxylic acids is 1. The number of carbonyl (C=O) groups excluding carboxylic acids is 4. The zero-order valence-corrected chi connectivity index (χ0v) is 43.6. The number of carbonyl (C=O) groups is 5. The molecule has 4 amide bonds. The lowest BCUT2D eigenvalue weighted by Crippen LogP contribution is -2.34. The fourth-order valence-corrected chi connectivity index (χ4v) is 8.00. The molecule has 76 heavy (non-hydrogen) atoms. The van der Waals surface area contributed by atoms with Gasteiger partial charge in [-0.15, -0.1) is 0 Å². The fourth-order valence-electron chi connectivity index (χ4n) is 8.00. The van der Waals surface area contributed by atoms with E-state index in [-0.39, 0.29) is 85.8 Å². The molecular weight excluding hydrogens is 983 g/mol. The summed E-state index contributed by atoms with van der Waals surface area (Å²) in [5.74, 6) is -2.76. The molecule has 4 heterocycles. The molecule has 25 heteroatoms. The number of carboxylic acid groups (broad SMARTS) is 1. The van der Waals surface area contributed by atoms with Crippen molar-refractivity contribution in [3.8, 4) is 11.5 Å². The fraction of sp³-hybridized carbons (Fsp3) is 0.373. The predicted octanol–water partition coefficient (Wildman–Crippen LogP) is 4.05. The van der Waals surface area contributed by atoms with Gasteiger partial charge in [0.25, 0.3) is 11.8 Å². The van der Waals surface area contributed by atoms with Gasteiger partial charge in [-0.1, -0.05) is 18.2 Å². The number of aryl methyl sites for hydroxylation is 2. The van der Waals surface area contributed by atoms with Gasteiger partial charge in [-0.05, 0) is 84.0 Å². The van der Waals surface area contributed by atoms with E-state index in [0.717, 1.165) is 5.69 Å². The minimum atomic E-state index is -1.03. The first-order valence-electron chi connectivity index (χ1n) is 24.4. The van der Waals surface area contributed by atoms with Crippen LogP contribution in [0.3, 0.4) is 0 Å². The van der Waals surface area contributed by atoms with Gasteiger partial charge in [0.1, 0.15) is 47.2 Å². The Labute approximate surface area is 438 Å². The molecule has 0 unspecified atom stereocenters. The molecule has 25 nitrogen and oxygen atoms in total. The summed E-state index contributed by atoms with van der Waals surface area (Å²) in [6, 6.07) is 7.83. The van der Waals surface area contributed by atoms with Crippen LogP contribution in [0.15, 0.2) is 83.8 Å². The number of allylic oxidation sites excluding steroid dienone is 4. The number of primary amides is 2. The van der Waals surface area contributed by atoms with Crippen molar-refractivity contribution in [3.63, 3.8) is 0 Å². The maximum Gasteiger partial charge on any atom is 0.329 e. The van der Waals surface area contributed by atoms with Crippen LogP contribution in [0.5, 0.6) is 11.5 Å². The summed E-state index contributed by atoms with van der Waals surface area (Å²) in [4.78, 5) is 79.2. The third-order valence-electron chi connectivity index (χ3n) is 11.4. The van der Waals surface area contributed by atoms with Crippen molar-refractivity contribution in [1.29, 1.82) is 0 Å². The van der Waals surface area contributed by atoms with E-state index in [9.17, 15) is 24.0 Å². The molecular formula is C51H65N15O10. The van der Waals surface area contributed by atoms with Crippen molar-refractivity contribution in [1.82, 2.24) is 38.7 Å². The number of aliphatic carboxylic acids is 1. The Morgan fingerprint density at radius 3 is 2.04 bits per heavy atom.